The lowest BCUT2D eigenvalue weighted by Crippen LogP contribution is -2.03. The van der Waals surface area contributed by atoms with Crippen molar-refractivity contribution in [1.82, 2.24) is 19.7 Å². The highest BCUT2D eigenvalue weighted by Gasteiger charge is 1.99. The van der Waals surface area contributed by atoms with Crippen LogP contribution in [0.25, 0.3) is 0 Å². The van der Waals surface area contributed by atoms with Crippen molar-refractivity contribution >= 4 is 11.5 Å². The monoisotopic (exact) mass is 218 g/mol. The zero-order valence-corrected chi connectivity index (χ0v) is 9.31. The topological polar surface area (TPSA) is 67.7 Å². The fourth-order valence-corrected chi connectivity index (χ4v) is 1.32. The van der Waals surface area contributed by atoms with E-state index < -0.39 is 0 Å². The molecule has 0 aliphatic carbocycles. The standard InChI is InChI=1S/C10H14N6/c1-11-9-5-8(3-4-12-9)13-6-10-14-7-16(2)15-10/h3-5,7H,6H2,1-2H3,(H2,11,12,13). The van der Waals surface area contributed by atoms with Crippen molar-refractivity contribution in [2.45, 2.75) is 6.54 Å². The van der Waals surface area contributed by atoms with Crippen LogP contribution in [0.4, 0.5) is 11.5 Å². The predicted molar refractivity (Wildman–Crippen MR) is 62.1 cm³/mol. The van der Waals surface area contributed by atoms with Gasteiger partial charge in [0.2, 0.25) is 0 Å². The zero-order chi connectivity index (χ0) is 11.4. The number of hydrogen-bond donors (Lipinski definition) is 2. The van der Waals surface area contributed by atoms with Gasteiger partial charge in [-0.2, -0.15) is 5.10 Å². The lowest BCUT2D eigenvalue weighted by molar-refractivity contribution is 0.747. The van der Waals surface area contributed by atoms with E-state index in [0.717, 1.165) is 17.3 Å². The molecule has 0 aliphatic rings. The molecule has 0 spiro atoms. The smallest absolute Gasteiger partial charge is 0.169 e. The summed E-state index contributed by atoms with van der Waals surface area (Å²) in [4.78, 5) is 8.26. The molecule has 0 fully saturated rings. The summed E-state index contributed by atoms with van der Waals surface area (Å²) in [5.74, 6) is 1.60. The van der Waals surface area contributed by atoms with Gasteiger partial charge in [0.15, 0.2) is 5.82 Å². The van der Waals surface area contributed by atoms with Crippen LogP contribution in [0.2, 0.25) is 0 Å². The first-order valence-electron chi connectivity index (χ1n) is 5.00. The Morgan fingerprint density at radius 3 is 2.94 bits per heavy atom. The second-order valence-electron chi connectivity index (χ2n) is 3.37. The Hall–Kier alpha value is -2.11. The van der Waals surface area contributed by atoms with Crippen molar-refractivity contribution in [3.8, 4) is 0 Å². The molecular weight excluding hydrogens is 204 g/mol. The number of aromatic nitrogens is 4. The quantitative estimate of drug-likeness (QED) is 0.796. The van der Waals surface area contributed by atoms with Crippen LogP contribution in [0.3, 0.4) is 0 Å². The molecule has 2 aromatic heterocycles. The summed E-state index contributed by atoms with van der Waals surface area (Å²) in [6.45, 7) is 0.605. The minimum absolute atomic E-state index is 0.605. The fraction of sp³-hybridized carbons (Fsp3) is 0.300. The van der Waals surface area contributed by atoms with E-state index in [1.165, 1.54) is 0 Å². The maximum absolute atomic E-state index is 4.18. The summed E-state index contributed by atoms with van der Waals surface area (Å²) < 4.78 is 1.68. The van der Waals surface area contributed by atoms with Gasteiger partial charge in [-0.15, -0.1) is 0 Å². The summed E-state index contributed by atoms with van der Waals surface area (Å²) in [7, 11) is 3.69. The van der Waals surface area contributed by atoms with Gasteiger partial charge in [0.05, 0.1) is 6.54 Å². The third-order valence-corrected chi connectivity index (χ3v) is 2.11. The van der Waals surface area contributed by atoms with Crippen LogP contribution in [0, 0.1) is 0 Å². The molecule has 0 bridgehead atoms. The number of aryl methyl sites for hydroxylation is 1. The maximum atomic E-state index is 4.18. The molecule has 0 saturated carbocycles. The highest BCUT2D eigenvalue weighted by atomic mass is 15.3. The van der Waals surface area contributed by atoms with E-state index in [-0.39, 0.29) is 0 Å². The Labute approximate surface area is 93.7 Å². The minimum Gasteiger partial charge on any atom is -0.378 e. The molecule has 0 unspecified atom stereocenters. The van der Waals surface area contributed by atoms with Gasteiger partial charge in [0.25, 0.3) is 0 Å². The van der Waals surface area contributed by atoms with E-state index in [0.29, 0.717) is 6.54 Å². The van der Waals surface area contributed by atoms with Crippen molar-refractivity contribution < 1.29 is 0 Å². The van der Waals surface area contributed by atoms with Crippen LogP contribution >= 0.6 is 0 Å². The first-order valence-corrected chi connectivity index (χ1v) is 5.00. The zero-order valence-electron chi connectivity index (χ0n) is 9.31. The van der Waals surface area contributed by atoms with Gasteiger partial charge in [0.1, 0.15) is 12.1 Å². The number of hydrogen-bond acceptors (Lipinski definition) is 5. The third kappa shape index (κ3) is 2.47. The van der Waals surface area contributed by atoms with Crippen LogP contribution in [-0.2, 0) is 13.6 Å². The molecule has 0 saturated heterocycles. The molecule has 0 aromatic carbocycles. The maximum Gasteiger partial charge on any atom is 0.169 e. The normalized spacial score (nSPS) is 10.1. The Kier molecular flexibility index (Phi) is 3.00. The van der Waals surface area contributed by atoms with Gasteiger partial charge in [-0.3, -0.25) is 4.68 Å². The van der Waals surface area contributed by atoms with E-state index in [1.807, 2.05) is 26.2 Å². The summed E-state index contributed by atoms with van der Waals surface area (Å²) in [6, 6.07) is 3.84. The summed E-state index contributed by atoms with van der Waals surface area (Å²) >= 11 is 0. The van der Waals surface area contributed by atoms with E-state index in [1.54, 1.807) is 17.2 Å². The second-order valence-corrected chi connectivity index (χ2v) is 3.37. The highest BCUT2D eigenvalue weighted by Crippen LogP contribution is 2.11. The molecule has 84 valence electrons. The van der Waals surface area contributed by atoms with Crippen molar-refractivity contribution in [2.24, 2.45) is 7.05 Å². The van der Waals surface area contributed by atoms with E-state index in [4.69, 9.17) is 0 Å². The molecule has 2 heterocycles. The van der Waals surface area contributed by atoms with Gasteiger partial charge >= 0.3 is 0 Å². The molecule has 0 amide bonds. The second kappa shape index (κ2) is 4.61. The summed E-state index contributed by atoms with van der Waals surface area (Å²) in [5.41, 5.74) is 0.992. The average molecular weight is 218 g/mol. The Morgan fingerprint density at radius 2 is 2.25 bits per heavy atom. The predicted octanol–water partition coefficient (Wildman–Crippen LogP) is 0.864. The van der Waals surface area contributed by atoms with Crippen LogP contribution in [0.5, 0.6) is 0 Å². The van der Waals surface area contributed by atoms with Crippen molar-refractivity contribution in [1.29, 1.82) is 0 Å². The van der Waals surface area contributed by atoms with E-state index >= 15 is 0 Å². The molecule has 6 nitrogen and oxygen atoms in total. The van der Waals surface area contributed by atoms with Gasteiger partial charge < -0.3 is 10.6 Å². The molecule has 2 aromatic rings. The average Bonchev–Trinajstić information content (AvgIpc) is 2.73. The van der Waals surface area contributed by atoms with Gasteiger partial charge in [-0.1, -0.05) is 0 Å². The van der Waals surface area contributed by atoms with Crippen molar-refractivity contribution in [3.63, 3.8) is 0 Å². The molecule has 0 aliphatic heterocycles. The first-order chi connectivity index (χ1) is 7.78. The third-order valence-electron chi connectivity index (χ3n) is 2.11. The SMILES string of the molecule is CNc1cc(NCc2ncn(C)n2)ccn1. The van der Waals surface area contributed by atoms with E-state index in [2.05, 4.69) is 25.7 Å². The largest absolute Gasteiger partial charge is 0.378 e. The van der Waals surface area contributed by atoms with Gasteiger partial charge in [0, 0.05) is 32.0 Å². The molecule has 2 rings (SSSR count). The van der Waals surface area contributed by atoms with Crippen LogP contribution < -0.4 is 10.6 Å². The number of nitrogens with one attached hydrogen (secondary N) is 2. The first kappa shape index (κ1) is 10.4. The molecule has 0 atom stereocenters. The summed E-state index contributed by atoms with van der Waals surface area (Å²) in [6.07, 6.45) is 3.43. The van der Waals surface area contributed by atoms with Crippen LogP contribution in [0.1, 0.15) is 5.82 Å². The van der Waals surface area contributed by atoms with E-state index in [9.17, 15) is 0 Å². The Bertz CT molecular complexity index is 464. The van der Waals surface area contributed by atoms with Crippen LogP contribution in [0.15, 0.2) is 24.7 Å². The fourth-order valence-electron chi connectivity index (χ4n) is 1.32. The Balaban J connectivity index is 1.99. The van der Waals surface area contributed by atoms with Crippen molar-refractivity contribution in [2.75, 3.05) is 17.7 Å². The molecule has 6 heteroatoms. The van der Waals surface area contributed by atoms with Gasteiger partial charge in [-0.05, 0) is 6.07 Å². The van der Waals surface area contributed by atoms with Crippen LogP contribution in [-0.4, -0.2) is 26.8 Å². The molecule has 2 N–H and O–H groups in total. The van der Waals surface area contributed by atoms with Gasteiger partial charge in [-0.25, -0.2) is 9.97 Å². The number of pyridine rings is 1. The molecular formula is C10H14N6. The number of anilines is 2. The van der Waals surface area contributed by atoms with Crippen molar-refractivity contribution in [3.05, 3.63) is 30.5 Å². The lowest BCUT2D eigenvalue weighted by atomic mass is 10.4. The number of nitrogens with zero attached hydrogens (tertiary/aromatic N) is 4. The minimum atomic E-state index is 0.605. The molecule has 16 heavy (non-hydrogen) atoms. The Morgan fingerprint density at radius 1 is 1.38 bits per heavy atom. The summed E-state index contributed by atoms with van der Waals surface area (Å²) in [5, 5.41) is 10.4. The molecule has 0 radical (unpaired) electrons. The highest BCUT2D eigenvalue weighted by molar-refractivity contribution is 5.51. The lowest BCUT2D eigenvalue weighted by Gasteiger charge is -2.05. The number of rotatable bonds is 4.